The van der Waals surface area contributed by atoms with Gasteiger partial charge in [0.25, 0.3) is 0 Å². The average molecular weight is 280 g/mol. The van der Waals surface area contributed by atoms with Crippen LogP contribution in [0.2, 0.25) is 0 Å². The first-order valence-electron chi connectivity index (χ1n) is 7.91. The minimum Gasteiger partial charge on any atom is -0.316 e. The third-order valence-electron chi connectivity index (χ3n) is 4.40. The molecule has 2 atom stereocenters. The van der Waals surface area contributed by atoms with E-state index in [1.54, 1.807) is 0 Å². The summed E-state index contributed by atoms with van der Waals surface area (Å²) in [7, 11) is 0. The first-order valence-corrected chi connectivity index (χ1v) is 7.91. The molecule has 1 aliphatic heterocycles. The SMILES string of the molecule is c1ccc(CNC[C@@H]2CNC[C@H]2Cc2ccccc2)cc1. The van der Waals surface area contributed by atoms with Gasteiger partial charge in [0.1, 0.15) is 0 Å². The van der Waals surface area contributed by atoms with Crippen LogP contribution in [0.5, 0.6) is 0 Å². The predicted molar refractivity (Wildman–Crippen MR) is 88.1 cm³/mol. The van der Waals surface area contributed by atoms with E-state index in [0.717, 1.165) is 38.0 Å². The molecule has 3 rings (SSSR count). The maximum atomic E-state index is 3.62. The highest BCUT2D eigenvalue weighted by Gasteiger charge is 2.26. The standard InChI is InChI=1S/C19H24N2/c1-3-7-16(8-4-1)11-18-13-21-15-19(18)14-20-12-17-9-5-2-6-10-17/h1-10,18-21H,11-15H2/t18-,19-/m1/s1. The Morgan fingerprint density at radius 3 is 2.14 bits per heavy atom. The van der Waals surface area contributed by atoms with Crippen LogP contribution in [0.1, 0.15) is 11.1 Å². The van der Waals surface area contributed by atoms with E-state index in [1.165, 1.54) is 17.5 Å². The van der Waals surface area contributed by atoms with Crippen LogP contribution >= 0.6 is 0 Å². The van der Waals surface area contributed by atoms with Crippen LogP contribution in [0.25, 0.3) is 0 Å². The fraction of sp³-hybridized carbons (Fsp3) is 0.368. The summed E-state index contributed by atoms with van der Waals surface area (Å²) < 4.78 is 0. The van der Waals surface area contributed by atoms with Gasteiger partial charge in [0.15, 0.2) is 0 Å². The Bertz CT molecular complexity index is 524. The summed E-state index contributed by atoms with van der Waals surface area (Å²) >= 11 is 0. The Morgan fingerprint density at radius 2 is 1.43 bits per heavy atom. The lowest BCUT2D eigenvalue weighted by Crippen LogP contribution is -2.28. The molecule has 0 unspecified atom stereocenters. The third kappa shape index (κ3) is 4.16. The molecule has 0 aromatic heterocycles. The van der Waals surface area contributed by atoms with Gasteiger partial charge in [-0.05, 0) is 49.0 Å². The molecule has 1 aliphatic rings. The van der Waals surface area contributed by atoms with E-state index >= 15 is 0 Å². The smallest absolute Gasteiger partial charge is 0.0205 e. The minimum absolute atomic E-state index is 0.730. The maximum Gasteiger partial charge on any atom is 0.0205 e. The van der Waals surface area contributed by atoms with Gasteiger partial charge >= 0.3 is 0 Å². The Balaban J connectivity index is 1.48. The van der Waals surface area contributed by atoms with Crippen molar-refractivity contribution < 1.29 is 0 Å². The van der Waals surface area contributed by atoms with Gasteiger partial charge < -0.3 is 10.6 Å². The van der Waals surface area contributed by atoms with Crippen LogP contribution in [0.4, 0.5) is 0 Å². The molecule has 0 bridgehead atoms. The summed E-state index contributed by atoms with van der Waals surface area (Å²) in [5.74, 6) is 1.48. The second kappa shape index (κ2) is 7.39. The lowest BCUT2D eigenvalue weighted by molar-refractivity contribution is 0.392. The second-order valence-corrected chi connectivity index (χ2v) is 5.98. The van der Waals surface area contributed by atoms with Gasteiger partial charge in [-0.1, -0.05) is 60.7 Å². The maximum absolute atomic E-state index is 3.62. The Hall–Kier alpha value is -1.64. The lowest BCUT2D eigenvalue weighted by atomic mass is 9.89. The average Bonchev–Trinajstić information content (AvgIpc) is 2.97. The van der Waals surface area contributed by atoms with Crippen LogP contribution in [-0.4, -0.2) is 19.6 Å². The molecule has 0 amide bonds. The Morgan fingerprint density at radius 1 is 0.810 bits per heavy atom. The Kier molecular flexibility index (Phi) is 5.03. The molecule has 1 saturated heterocycles. The third-order valence-corrected chi connectivity index (χ3v) is 4.40. The molecule has 2 N–H and O–H groups in total. The Labute approximate surface area is 127 Å². The zero-order valence-corrected chi connectivity index (χ0v) is 12.5. The summed E-state index contributed by atoms with van der Waals surface area (Å²) in [6, 6.07) is 21.5. The van der Waals surface area contributed by atoms with Crippen molar-refractivity contribution in [2.75, 3.05) is 19.6 Å². The van der Waals surface area contributed by atoms with Crippen LogP contribution < -0.4 is 10.6 Å². The molecule has 21 heavy (non-hydrogen) atoms. The number of rotatable bonds is 6. The van der Waals surface area contributed by atoms with Gasteiger partial charge in [-0.2, -0.15) is 0 Å². The first kappa shape index (κ1) is 14.3. The van der Waals surface area contributed by atoms with E-state index in [-0.39, 0.29) is 0 Å². The molecule has 2 heteroatoms. The van der Waals surface area contributed by atoms with Gasteiger partial charge in [0, 0.05) is 6.54 Å². The highest BCUT2D eigenvalue weighted by molar-refractivity contribution is 5.16. The quantitative estimate of drug-likeness (QED) is 0.850. The molecule has 2 aromatic rings. The summed E-state index contributed by atoms with van der Waals surface area (Å²) in [4.78, 5) is 0. The second-order valence-electron chi connectivity index (χ2n) is 5.98. The topological polar surface area (TPSA) is 24.1 Å². The molecule has 2 nitrogen and oxygen atoms in total. The van der Waals surface area contributed by atoms with Gasteiger partial charge in [-0.15, -0.1) is 0 Å². The molecule has 110 valence electrons. The van der Waals surface area contributed by atoms with E-state index in [1.807, 2.05) is 0 Å². The lowest BCUT2D eigenvalue weighted by Gasteiger charge is -2.19. The van der Waals surface area contributed by atoms with E-state index < -0.39 is 0 Å². The number of hydrogen-bond donors (Lipinski definition) is 2. The normalized spacial score (nSPS) is 21.5. The molecule has 0 radical (unpaired) electrons. The van der Waals surface area contributed by atoms with Crippen molar-refractivity contribution in [1.29, 1.82) is 0 Å². The van der Waals surface area contributed by atoms with Crippen molar-refractivity contribution in [1.82, 2.24) is 10.6 Å². The van der Waals surface area contributed by atoms with Gasteiger partial charge in [-0.3, -0.25) is 0 Å². The fourth-order valence-corrected chi connectivity index (χ4v) is 3.18. The van der Waals surface area contributed by atoms with E-state index in [2.05, 4.69) is 71.3 Å². The summed E-state index contributed by atoms with van der Waals surface area (Å²) in [6.45, 7) is 4.35. The molecule has 1 heterocycles. The predicted octanol–water partition coefficient (Wildman–Crippen LogP) is 2.85. The monoisotopic (exact) mass is 280 g/mol. The van der Waals surface area contributed by atoms with E-state index in [4.69, 9.17) is 0 Å². The minimum atomic E-state index is 0.730. The van der Waals surface area contributed by atoms with Gasteiger partial charge in [-0.25, -0.2) is 0 Å². The van der Waals surface area contributed by atoms with Crippen LogP contribution in [0.3, 0.4) is 0 Å². The van der Waals surface area contributed by atoms with Crippen molar-refractivity contribution in [3.8, 4) is 0 Å². The van der Waals surface area contributed by atoms with Crippen molar-refractivity contribution in [2.45, 2.75) is 13.0 Å². The number of nitrogens with one attached hydrogen (secondary N) is 2. The van der Waals surface area contributed by atoms with Crippen molar-refractivity contribution in [3.05, 3.63) is 71.8 Å². The zero-order chi connectivity index (χ0) is 14.3. The summed E-state index contributed by atoms with van der Waals surface area (Å²) in [5, 5.41) is 7.17. The molecule has 0 saturated carbocycles. The van der Waals surface area contributed by atoms with Crippen LogP contribution in [0, 0.1) is 11.8 Å². The molecule has 1 fully saturated rings. The van der Waals surface area contributed by atoms with Gasteiger partial charge in [0.2, 0.25) is 0 Å². The molecular formula is C19H24N2. The molecule has 2 aromatic carbocycles. The largest absolute Gasteiger partial charge is 0.316 e. The molecule has 0 aliphatic carbocycles. The van der Waals surface area contributed by atoms with Crippen LogP contribution in [-0.2, 0) is 13.0 Å². The first-order chi connectivity index (χ1) is 10.4. The zero-order valence-electron chi connectivity index (χ0n) is 12.5. The molecular weight excluding hydrogens is 256 g/mol. The number of benzene rings is 2. The van der Waals surface area contributed by atoms with E-state index in [0.29, 0.717) is 0 Å². The van der Waals surface area contributed by atoms with E-state index in [9.17, 15) is 0 Å². The highest BCUT2D eigenvalue weighted by Crippen LogP contribution is 2.21. The van der Waals surface area contributed by atoms with Crippen molar-refractivity contribution in [2.24, 2.45) is 11.8 Å². The summed E-state index contributed by atoms with van der Waals surface area (Å²) in [5.41, 5.74) is 2.82. The fourth-order valence-electron chi connectivity index (χ4n) is 3.18. The van der Waals surface area contributed by atoms with Crippen molar-refractivity contribution in [3.63, 3.8) is 0 Å². The highest BCUT2D eigenvalue weighted by atomic mass is 14.9. The van der Waals surface area contributed by atoms with Gasteiger partial charge in [0.05, 0.1) is 0 Å². The van der Waals surface area contributed by atoms with Crippen LogP contribution in [0.15, 0.2) is 60.7 Å². The summed E-state index contributed by atoms with van der Waals surface area (Å²) in [6.07, 6.45) is 1.19. The van der Waals surface area contributed by atoms with Crippen molar-refractivity contribution >= 4 is 0 Å². The molecule has 0 spiro atoms. The number of hydrogen-bond acceptors (Lipinski definition) is 2.